The third-order valence-electron chi connectivity index (χ3n) is 5.38. The molecule has 0 radical (unpaired) electrons. The number of piperidine rings is 1. The Hall–Kier alpha value is -1.64. The van der Waals surface area contributed by atoms with Crippen LogP contribution in [0.5, 0.6) is 0 Å². The van der Waals surface area contributed by atoms with Gasteiger partial charge in [0.25, 0.3) is 0 Å². The van der Waals surface area contributed by atoms with E-state index in [-0.39, 0.29) is 0 Å². The van der Waals surface area contributed by atoms with Crippen LogP contribution in [0.25, 0.3) is 0 Å². The number of hydrogen-bond donors (Lipinski definition) is 2. The molecule has 4 rings (SSSR count). The fourth-order valence-corrected chi connectivity index (χ4v) is 4.30. The third-order valence-corrected chi connectivity index (χ3v) is 5.91. The average molecular weight is 421 g/mol. The van der Waals surface area contributed by atoms with Crippen LogP contribution in [0.2, 0.25) is 0 Å². The number of nitrogens with zero attached hydrogens (tertiary/aromatic N) is 4. The Balaban J connectivity index is 1.38. The molecule has 140 valence electrons. The van der Waals surface area contributed by atoms with Crippen LogP contribution in [0.4, 0.5) is 11.9 Å². The van der Waals surface area contributed by atoms with Gasteiger partial charge in [-0.25, -0.2) is 0 Å². The summed E-state index contributed by atoms with van der Waals surface area (Å²) in [6.45, 7) is 4.61. The zero-order valence-electron chi connectivity index (χ0n) is 14.8. The monoisotopic (exact) mass is 420 g/mol. The number of aromatic nitrogens is 3. The molecule has 0 aliphatic carbocycles. The molecular weight excluding hydrogens is 396 g/mol. The lowest BCUT2D eigenvalue weighted by Crippen LogP contribution is -2.54. The van der Waals surface area contributed by atoms with Gasteiger partial charge >= 0.3 is 0 Å². The summed E-state index contributed by atoms with van der Waals surface area (Å²) >= 11 is 3.51. The van der Waals surface area contributed by atoms with E-state index in [1.807, 2.05) is 0 Å². The highest BCUT2D eigenvalue weighted by atomic mass is 79.9. The van der Waals surface area contributed by atoms with E-state index in [1.54, 1.807) is 0 Å². The number of morpholine rings is 1. The van der Waals surface area contributed by atoms with Crippen molar-refractivity contribution in [3.8, 4) is 0 Å². The summed E-state index contributed by atoms with van der Waals surface area (Å²) in [6, 6.07) is 9.68. The van der Waals surface area contributed by atoms with Crippen molar-refractivity contribution in [2.24, 2.45) is 0 Å². The highest BCUT2D eigenvalue weighted by Gasteiger charge is 2.32. The molecule has 2 saturated heterocycles. The van der Waals surface area contributed by atoms with E-state index in [0.717, 1.165) is 62.5 Å². The summed E-state index contributed by atoms with van der Waals surface area (Å²) in [5.74, 6) is 1.17. The third kappa shape index (κ3) is 4.02. The van der Waals surface area contributed by atoms with Crippen molar-refractivity contribution >= 4 is 27.8 Å². The Labute approximate surface area is 162 Å². The fraction of sp³-hybridized carbons (Fsp3) is 0.556. The van der Waals surface area contributed by atoms with Crippen LogP contribution in [-0.2, 0) is 11.2 Å². The molecule has 2 aromatic rings. The van der Waals surface area contributed by atoms with Gasteiger partial charge in [0, 0.05) is 36.2 Å². The summed E-state index contributed by atoms with van der Waals surface area (Å²) in [5, 5.41) is 7.98. The number of nitrogens with one attached hydrogen (secondary N) is 1. The molecule has 3 heterocycles. The second kappa shape index (κ2) is 7.94. The number of anilines is 2. The average Bonchev–Trinajstić information content (AvgIpc) is 3.11. The number of nitrogen functional groups attached to an aromatic ring is 1. The first kappa shape index (κ1) is 17.8. The van der Waals surface area contributed by atoms with Crippen molar-refractivity contribution in [2.75, 3.05) is 43.5 Å². The first-order valence-corrected chi connectivity index (χ1v) is 9.99. The van der Waals surface area contributed by atoms with Crippen LogP contribution in [0, 0.1) is 0 Å². The largest absolute Gasteiger partial charge is 0.378 e. The zero-order valence-corrected chi connectivity index (χ0v) is 16.4. The predicted octanol–water partition coefficient (Wildman–Crippen LogP) is 2.06. The number of nitrogens with two attached hydrogens (primary N) is 1. The first-order chi connectivity index (χ1) is 12.7. The van der Waals surface area contributed by atoms with E-state index >= 15 is 0 Å². The molecule has 0 spiro atoms. The summed E-state index contributed by atoms with van der Waals surface area (Å²) in [7, 11) is 0. The molecule has 2 fully saturated rings. The lowest BCUT2D eigenvalue weighted by atomic mass is 9.97. The molecule has 0 saturated carbocycles. The highest BCUT2D eigenvalue weighted by Crippen LogP contribution is 2.25. The minimum Gasteiger partial charge on any atom is -0.378 e. The van der Waals surface area contributed by atoms with E-state index in [0.29, 0.717) is 18.0 Å². The maximum absolute atomic E-state index is 5.79. The lowest BCUT2D eigenvalue weighted by molar-refractivity contribution is -0.0331. The molecule has 1 aromatic heterocycles. The van der Waals surface area contributed by atoms with Crippen molar-refractivity contribution < 1.29 is 4.74 Å². The molecule has 8 heteroatoms. The molecule has 2 aliphatic rings. The standard InChI is InChI=1S/C18H25BrN6O/c19-14-3-1-13(2-4-14)11-16-12-26-10-9-25(16)15-5-7-24(8-6-15)18-21-17(20)22-23-18/h1-4,15-16H,5-12H2,(H3,20,21,22,23)/t16-/m0/s1. The van der Waals surface area contributed by atoms with Crippen molar-refractivity contribution in [3.05, 3.63) is 34.3 Å². The van der Waals surface area contributed by atoms with Crippen LogP contribution < -0.4 is 10.6 Å². The Morgan fingerprint density at radius 1 is 1.15 bits per heavy atom. The quantitative estimate of drug-likeness (QED) is 0.787. The number of ether oxygens (including phenoxy) is 1. The minimum atomic E-state index is 0.380. The molecule has 0 bridgehead atoms. The van der Waals surface area contributed by atoms with Crippen LogP contribution in [-0.4, -0.2) is 65.0 Å². The Kier molecular flexibility index (Phi) is 5.42. The van der Waals surface area contributed by atoms with E-state index in [9.17, 15) is 0 Å². The van der Waals surface area contributed by atoms with Gasteiger partial charge in [0.15, 0.2) is 0 Å². The van der Waals surface area contributed by atoms with Gasteiger partial charge in [0.1, 0.15) is 0 Å². The van der Waals surface area contributed by atoms with Gasteiger partial charge in [0.2, 0.25) is 11.9 Å². The molecule has 0 amide bonds. The number of H-pyrrole nitrogens is 1. The second-order valence-corrected chi connectivity index (χ2v) is 7.96. The van der Waals surface area contributed by atoms with Gasteiger partial charge in [-0.15, -0.1) is 10.2 Å². The second-order valence-electron chi connectivity index (χ2n) is 7.05. The van der Waals surface area contributed by atoms with Gasteiger partial charge in [-0.3, -0.25) is 9.88 Å². The first-order valence-electron chi connectivity index (χ1n) is 9.20. The van der Waals surface area contributed by atoms with Crippen molar-refractivity contribution in [1.29, 1.82) is 0 Å². The number of halogens is 1. The maximum Gasteiger partial charge on any atom is 0.226 e. The molecule has 26 heavy (non-hydrogen) atoms. The van der Waals surface area contributed by atoms with Crippen molar-refractivity contribution in [2.45, 2.75) is 31.3 Å². The molecule has 1 aromatic carbocycles. The van der Waals surface area contributed by atoms with Crippen molar-refractivity contribution in [3.63, 3.8) is 0 Å². The van der Waals surface area contributed by atoms with E-state index in [4.69, 9.17) is 10.5 Å². The summed E-state index contributed by atoms with van der Waals surface area (Å²) in [5.41, 5.74) is 7.01. The topological polar surface area (TPSA) is 83.3 Å². The number of benzene rings is 1. The molecule has 1 atom stereocenters. The van der Waals surface area contributed by atoms with Crippen LogP contribution >= 0.6 is 15.9 Å². The fourth-order valence-electron chi connectivity index (χ4n) is 4.03. The van der Waals surface area contributed by atoms with Crippen LogP contribution in [0.15, 0.2) is 28.7 Å². The van der Waals surface area contributed by atoms with Crippen LogP contribution in [0.3, 0.4) is 0 Å². The number of hydrogen-bond acceptors (Lipinski definition) is 6. The van der Waals surface area contributed by atoms with Crippen molar-refractivity contribution in [1.82, 2.24) is 20.1 Å². The van der Waals surface area contributed by atoms with E-state index in [1.165, 1.54) is 5.56 Å². The smallest absolute Gasteiger partial charge is 0.226 e. The van der Waals surface area contributed by atoms with Gasteiger partial charge in [0.05, 0.1) is 13.2 Å². The molecular formula is C18H25BrN6O. The van der Waals surface area contributed by atoms with Gasteiger partial charge < -0.3 is 15.4 Å². The zero-order chi connectivity index (χ0) is 17.9. The normalized spacial score (nSPS) is 22.7. The lowest BCUT2D eigenvalue weighted by Gasteiger charge is -2.44. The van der Waals surface area contributed by atoms with Gasteiger partial charge in [-0.2, -0.15) is 0 Å². The minimum absolute atomic E-state index is 0.380. The summed E-state index contributed by atoms with van der Waals surface area (Å²) in [4.78, 5) is 7.93. The SMILES string of the molecule is Nc1nnc(N2CCC(N3CCOC[C@@H]3Cc3ccc(Br)cc3)CC2)[nH]1. The number of rotatable bonds is 4. The molecule has 7 nitrogen and oxygen atoms in total. The Morgan fingerprint density at radius 3 is 2.62 bits per heavy atom. The molecule has 0 unspecified atom stereocenters. The summed E-state index contributed by atoms with van der Waals surface area (Å²) < 4.78 is 6.92. The molecule has 2 aliphatic heterocycles. The summed E-state index contributed by atoms with van der Waals surface area (Å²) in [6.07, 6.45) is 3.28. The van der Waals surface area contributed by atoms with Gasteiger partial charge in [-0.05, 0) is 37.0 Å². The Bertz CT molecular complexity index is 713. The highest BCUT2D eigenvalue weighted by molar-refractivity contribution is 9.10. The van der Waals surface area contributed by atoms with Gasteiger partial charge in [-0.1, -0.05) is 28.1 Å². The molecule has 3 N–H and O–H groups in total. The van der Waals surface area contributed by atoms with E-state index in [2.05, 4.69) is 65.2 Å². The maximum atomic E-state index is 5.79. The number of aromatic amines is 1. The Morgan fingerprint density at radius 2 is 1.92 bits per heavy atom. The van der Waals surface area contributed by atoms with Crippen LogP contribution in [0.1, 0.15) is 18.4 Å². The van der Waals surface area contributed by atoms with E-state index < -0.39 is 0 Å². The predicted molar refractivity (Wildman–Crippen MR) is 105 cm³/mol.